The van der Waals surface area contributed by atoms with Gasteiger partial charge in [0.2, 0.25) is 11.8 Å². The molecule has 2 heterocycles. The van der Waals surface area contributed by atoms with E-state index < -0.39 is 6.03 Å². The Morgan fingerprint density at radius 3 is 2.56 bits per heavy atom. The molecule has 2 aromatic carbocycles. The third-order valence-corrected chi connectivity index (χ3v) is 8.37. The highest BCUT2D eigenvalue weighted by Crippen LogP contribution is 2.33. The Balaban J connectivity index is 1.05. The number of carbonyl (C=O) groups is 3. The molecule has 2 N–H and O–H groups in total. The highest BCUT2D eigenvalue weighted by molar-refractivity contribution is 6.30. The molecule has 0 radical (unpaired) electrons. The average Bonchev–Trinajstić information content (AvgIpc) is 2.95. The summed E-state index contributed by atoms with van der Waals surface area (Å²) in [5.74, 6) is 0.0814. The van der Waals surface area contributed by atoms with Gasteiger partial charge in [-0.2, -0.15) is 0 Å². The van der Waals surface area contributed by atoms with Crippen LogP contribution in [0.15, 0.2) is 48.5 Å². The number of nitrogens with zero attached hydrogens (tertiary/aromatic N) is 3. The first-order chi connectivity index (χ1) is 18.9. The summed E-state index contributed by atoms with van der Waals surface area (Å²) in [4.78, 5) is 44.9. The number of fused-ring (bicyclic) bond motifs is 1. The first-order valence-corrected chi connectivity index (χ1v) is 14.0. The van der Waals surface area contributed by atoms with Gasteiger partial charge in [0.1, 0.15) is 5.75 Å². The van der Waals surface area contributed by atoms with Gasteiger partial charge in [-0.25, -0.2) is 4.79 Å². The van der Waals surface area contributed by atoms with E-state index in [1.165, 1.54) is 4.90 Å². The molecule has 3 atom stereocenters. The van der Waals surface area contributed by atoms with E-state index in [4.69, 9.17) is 16.3 Å². The lowest BCUT2D eigenvalue weighted by atomic mass is 9.76. The topological polar surface area (TPSA) is 94.2 Å². The van der Waals surface area contributed by atoms with Crippen LogP contribution in [0.2, 0.25) is 5.02 Å². The summed E-state index contributed by atoms with van der Waals surface area (Å²) in [5.41, 5.74) is 2.00. The van der Waals surface area contributed by atoms with Gasteiger partial charge in [-0.15, -0.1) is 0 Å². The van der Waals surface area contributed by atoms with Crippen molar-refractivity contribution in [3.8, 4) is 5.75 Å². The maximum Gasteiger partial charge on any atom is 0.324 e. The zero-order valence-electron chi connectivity index (χ0n) is 22.3. The quantitative estimate of drug-likeness (QED) is 0.522. The monoisotopic (exact) mass is 553 g/mol. The predicted octanol–water partition coefficient (Wildman–Crippen LogP) is 3.12. The molecule has 5 rings (SSSR count). The van der Waals surface area contributed by atoms with E-state index >= 15 is 0 Å². The van der Waals surface area contributed by atoms with Gasteiger partial charge in [0, 0.05) is 61.9 Å². The predicted molar refractivity (Wildman–Crippen MR) is 150 cm³/mol. The molecule has 4 amide bonds. The van der Waals surface area contributed by atoms with Crippen LogP contribution in [-0.4, -0.2) is 80.1 Å². The number of methoxy groups -OCH3 is 1. The van der Waals surface area contributed by atoms with E-state index in [0.29, 0.717) is 25.8 Å². The van der Waals surface area contributed by atoms with Crippen molar-refractivity contribution in [2.75, 3.05) is 51.3 Å². The van der Waals surface area contributed by atoms with Gasteiger partial charge in [-0.05, 0) is 55.2 Å². The highest BCUT2D eigenvalue weighted by atomic mass is 35.5. The van der Waals surface area contributed by atoms with E-state index in [0.717, 1.165) is 54.7 Å². The highest BCUT2D eigenvalue weighted by Gasteiger charge is 2.45. The number of benzene rings is 2. The summed E-state index contributed by atoms with van der Waals surface area (Å²) < 4.78 is 5.18. The van der Waals surface area contributed by atoms with E-state index in [-0.39, 0.29) is 36.2 Å². The van der Waals surface area contributed by atoms with Crippen molar-refractivity contribution < 1.29 is 19.1 Å². The number of urea groups is 1. The van der Waals surface area contributed by atoms with Crippen LogP contribution in [0, 0.1) is 11.8 Å². The summed E-state index contributed by atoms with van der Waals surface area (Å²) in [5, 5.41) is 6.83. The van der Waals surface area contributed by atoms with Gasteiger partial charge in [-0.1, -0.05) is 29.8 Å². The Morgan fingerprint density at radius 2 is 1.85 bits per heavy atom. The molecule has 0 aromatic heterocycles. The Labute approximate surface area is 234 Å². The first kappa shape index (κ1) is 27.3. The Hall–Kier alpha value is -3.30. The number of carbonyl (C=O) groups excluding carboxylic acids is 3. The first-order valence-electron chi connectivity index (χ1n) is 13.7. The lowest BCUT2D eigenvalue weighted by Crippen LogP contribution is -2.61. The van der Waals surface area contributed by atoms with Crippen LogP contribution in [-0.2, 0) is 16.1 Å². The molecule has 1 saturated carbocycles. The van der Waals surface area contributed by atoms with Crippen molar-refractivity contribution in [1.82, 2.24) is 20.4 Å². The van der Waals surface area contributed by atoms with Gasteiger partial charge in [-0.3, -0.25) is 19.4 Å². The third kappa shape index (κ3) is 6.47. The molecular formula is C29H36ClN5O4. The van der Waals surface area contributed by atoms with Gasteiger partial charge >= 0.3 is 6.03 Å². The van der Waals surface area contributed by atoms with Crippen LogP contribution in [0.1, 0.15) is 24.8 Å². The second-order valence-corrected chi connectivity index (χ2v) is 11.0. The van der Waals surface area contributed by atoms with E-state index in [1.807, 2.05) is 42.5 Å². The maximum atomic E-state index is 13.2. The number of ether oxygens (including phenoxy) is 1. The van der Waals surface area contributed by atoms with Gasteiger partial charge in [0.05, 0.1) is 19.6 Å². The number of anilines is 1. The van der Waals surface area contributed by atoms with Crippen molar-refractivity contribution in [3.63, 3.8) is 0 Å². The molecule has 39 heavy (non-hydrogen) atoms. The van der Waals surface area contributed by atoms with Gasteiger partial charge in [0.25, 0.3) is 0 Å². The Bertz CT molecular complexity index is 1180. The lowest BCUT2D eigenvalue weighted by molar-refractivity contribution is -0.139. The number of piperazine rings is 1. The number of rotatable bonds is 8. The molecule has 10 heteroatoms. The van der Waals surface area contributed by atoms with E-state index in [1.54, 1.807) is 7.11 Å². The fourth-order valence-electron chi connectivity index (χ4n) is 5.85. The zero-order valence-corrected chi connectivity index (χ0v) is 23.0. The van der Waals surface area contributed by atoms with Gasteiger partial charge < -0.3 is 20.3 Å². The molecule has 2 saturated heterocycles. The fourth-order valence-corrected chi connectivity index (χ4v) is 6.03. The van der Waals surface area contributed by atoms with Crippen molar-refractivity contribution in [2.45, 2.75) is 31.8 Å². The number of imide groups is 1. The van der Waals surface area contributed by atoms with Crippen LogP contribution in [0.4, 0.5) is 10.5 Å². The Kier molecular flexibility index (Phi) is 8.57. The zero-order chi connectivity index (χ0) is 27.4. The van der Waals surface area contributed by atoms with Crippen LogP contribution >= 0.6 is 11.6 Å². The van der Waals surface area contributed by atoms with Crippen molar-refractivity contribution in [2.24, 2.45) is 11.8 Å². The molecule has 3 aliphatic rings. The minimum Gasteiger partial charge on any atom is -0.497 e. The molecule has 0 spiro atoms. The fraction of sp³-hybridized carbons (Fsp3) is 0.483. The third-order valence-electron chi connectivity index (χ3n) is 8.13. The summed E-state index contributed by atoms with van der Waals surface area (Å²) in [6.07, 6.45) is 1.72. The molecule has 9 nitrogen and oxygen atoms in total. The average molecular weight is 554 g/mol. The van der Waals surface area contributed by atoms with Crippen LogP contribution in [0.25, 0.3) is 0 Å². The number of amides is 4. The second-order valence-electron chi connectivity index (χ2n) is 10.5. The number of hydrogen-bond acceptors (Lipinski definition) is 6. The molecule has 3 fully saturated rings. The molecule has 208 valence electrons. The molecule has 2 aliphatic heterocycles. The van der Waals surface area contributed by atoms with Gasteiger partial charge in [0.15, 0.2) is 0 Å². The molecule has 2 aromatic rings. The maximum absolute atomic E-state index is 13.2. The standard InChI is InChI=1S/C29H36ClN5O4/c1-39-24-8-5-20(6-9-24)19-35-28(37)25-10-7-21(17-26(25)32-29(35)38)27(36)31-11-12-33-13-15-34(16-14-33)23-4-2-3-22(30)18-23/h2-6,8-9,18,21,25-26H,7,10-17,19H2,1H3,(H,31,36)(H,32,38). The van der Waals surface area contributed by atoms with Crippen LogP contribution < -0.4 is 20.3 Å². The van der Waals surface area contributed by atoms with Crippen molar-refractivity contribution >= 4 is 35.1 Å². The summed E-state index contributed by atoms with van der Waals surface area (Å²) in [6, 6.07) is 14.6. The largest absolute Gasteiger partial charge is 0.497 e. The number of hydrogen-bond donors (Lipinski definition) is 2. The minimum atomic E-state index is -0.393. The normalized spacial score (nSPS) is 23.7. The van der Waals surface area contributed by atoms with E-state index in [9.17, 15) is 14.4 Å². The van der Waals surface area contributed by atoms with Crippen molar-refractivity contribution in [3.05, 3.63) is 59.1 Å². The second kappa shape index (κ2) is 12.3. The Morgan fingerprint density at radius 1 is 1.08 bits per heavy atom. The molecule has 1 aliphatic carbocycles. The minimum absolute atomic E-state index is 0.00775. The molecular weight excluding hydrogens is 518 g/mol. The smallest absolute Gasteiger partial charge is 0.324 e. The van der Waals surface area contributed by atoms with Crippen LogP contribution in [0.5, 0.6) is 5.75 Å². The van der Waals surface area contributed by atoms with Crippen LogP contribution in [0.3, 0.4) is 0 Å². The van der Waals surface area contributed by atoms with E-state index in [2.05, 4.69) is 26.5 Å². The molecule has 0 bridgehead atoms. The summed E-state index contributed by atoms with van der Waals surface area (Å²) in [6.45, 7) is 5.29. The summed E-state index contributed by atoms with van der Waals surface area (Å²) >= 11 is 6.13. The molecule has 3 unspecified atom stereocenters. The summed E-state index contributed by atoms with van der Waals surface area (Å²) in [7, 11) is 1.60. The SMILES string of the molecule is COc1ccc(CN2C(=O)NC3CC(C(=O)NCCN4CCN(c5cccc(Cl)c5)CC4)CCC3C2=O)cc1. The lowest BCUT2D eigenvalue weighted by Gasteiger charge is -2.42. The number of nitrogens with one attached hydrogen (secondary N) is 2. The number of halogens is 1. The van der Waals surface area contributed by atoms with Crippen molar-refractivity contribution in [1.29, 1.82) is 0 Å².